The zero-order chi connectivity index (χ0) is 9.14. The van der Waals surface area contributed by atoms with E-state index in [2.05, 4.69) is 5.32 Å². The molecule has 0 aromatic carbocycles. The molecule has 0 saturated carbocycles. The number of anilines is 1. The number of nitrogens with one attached hydrogen (secondary N) is 1. The third-order valence-corrected chi connectivity index (χ3v) is 1.17. The minimum Gasteiger partial charge on any atom is -0.474 e. The van der Waals surface area contributed by atoms with Crippen LogP contribution in [-0.2, 0) is 9.59 Å². The largest absolute Gasteiger partial charge is 0.474 e. The Labute approximate surface area is 68.0 Å². The van der Waals surface area contributed by atoms with Gasteiger partial charge in [0.1, 0.15) is 5.76 Å². The maximum absolute atomic E-state index is 10.6. The van der Waals surface area contributed by atoms with Crippen LogP contribution in [-0.4, -0.2) is 17.0 Å². The lowest BCUT2D eigenvalue weighted by Gasteiger charge is -1.94. The van der Waals surface area contributed by atoms with E-state index in [9.17, 15) is 9.59 Å². The van der Waals surface area contributed by atoms with Crippen LogP contribution in [0.5, 0.6) is 0 Å². The summed E-state index contributed by atoms with van der Waals surface area (Å²) in [4.78, 5) is 20.6. The smallest absolute Gasteiger partial charge is 0.394 e. The Morgan fingerprint density at radius 3 is 2.58 bits per heavy atom. The minimum atomic E-state index is -1.54. The molecule has 0 saturated heterocycles. The van der Waals surface area contributed by atoms with E-state index in [-0.39, 0.29) is 5.88 Å². The molecular weight excluding hydrogens is 162 g/mol. The number of carboxylic acid groups (broad SMARTS) is 1. The zero-order valence-electron chi connectivity index (χ0n) is 6.33. The van der Waals surface area contributed by atoms with E-state index in [0.717, 1.165) is 0 Å². The second-order valence-electron chi connectivity index (χ2n) is 2.17. The molecule has 5 nitrogen and oxygen atoms in total. The van der Waals surface area contributed by atoms with Gasteiger partial charge in [-0.25, -0.2) is 4.79 Å². The average Bonchev–Trinajstić information content (AvgIpc) is 2.35. The highest BCUT2D eigenvalue weighted by molar-refractivity contribution is 6.36. The lowest BCUT2D eigenvalue weighted by Crippen LogP contribution is -2.21. The number of carbonyl (C=O) groups is 2. The standard InChI is InChI=1S/C7H7NO4/c1-4-2-3-5(12-4)8-6(9)7(10)11/h2-3H,1H3,(H,8,9)(H,10,11). The van der Waals surface area contributed by atoms with Gasteiger partial charge < -0.3 is 9.52 Å². The van der Waals surface area contributed by atoms with Crippen molar-refractivity contribution in [1.82, 2.24) is 0 Å². The highest BCUT2D eigenvalue weighted by Crippen LogP contribution is 2.11. The topological polar surface area (TPSA) is 79.5 Å². The van der Waals surface area contributed by atoms with E-state index >= 15 is 0 Å². The maximum atomic E-state index is 10.6. The third-order valence-electron chi connectivity index (χ3n) is 1.17. The van der Waals surface area contributed by atoms with Gasteiger partial charge in [0, 0.05) is 6.07 Å². The van der Waals surface area contributed by atoms with Crippen molar-refractivity contribution >= 4 is 17.8 Å². The van der Waals surface area contributed by atoms with Gasteiger partial charge in [0.05, 0.1) is 0 Å². The van der Waals surface area contributed by atoms with E-state index in [1.807, 2.05) is 0 Å². The molecule has 1 rings (SSSR count). The summed E-state index contributed by atoms with van der Waals surface area (Å²) in [5.74, 6) is -1.90. The summed E-state index contributed by atoms with van der Waals surface area (Å²) < 4.78 is 4.91. The normalized spacial score (nSPS) is 9.42. The lowest BCUT2D eigenvalue weighted by atomic mass is 10.5. The van der Waals surface area contributed by atoms with Crippen molar-refractivity contribution in [1.29, 1.82) is 0 Å². The van der Waals surface area contributed by atoms with E-state index in [1.165, 1.54) is 6.07 Å². The molecule has 0 bridgehead atoms. The van der Waals surface area contributed by atoms with Crippen molar-refractivity contribution in [2.45, 2.75) is 6.92 Å². The summed E-state index contributed by atoms with van der Waals surface area (Å²) in [6.45, 7) is 1.69. The van der Waals surface area contributed by atoms with Crippen LogP contribution in [0.25, 0.3) is 0 Å². The van der Waals surface area contributed by atoms with Gasteiger partial charge in [-0.05, 0) is 13.0 Å². The molecule has 1 aromatic heterocycles. The molecule has 0 fully saturated rings. The van der Waals surface area contributed by atoms with Gasteiger partial charge in [0.25, 0.3) is 0 Å². The van der Waals surface area contributed by atoms with Crippen LogP contribution in [0.1, 0.15) is 5.76 Å². The maximum Gasteiger partial charge on any atom is 0.394 e. The number of furan rings is 1. The van der Waals surface area contributed by atoms with E-state index in [4.69, 9.17) is 9.52 Å². The fourth-order valence-electron chi connectivity index (χ4n) is 0.667. The number of carboxylic acids is 1. The van der Waals surface area contributed by atoms with Gasteiger partial charge in [-0.1, -0.05) is 0 Å². The van der Waals surface area contributed by atoms with Gasteiger partial charge in [0.2, 0.25) is 0 Å². The van der Waals surface area contributed by atoms with Gasteiger partial charge in [-0.3, -0.25) is 10.1 Å². The molecule has 64 valence electrons. The highest BCUT2D eigenvalue weighted by Gasteiger charge is 2.12. The molecule has 12 heavy (non-hydrogen) atoms. The first kappa shape index (κ1) is 8.32. The molecular formula is C7H7NO4. The predicted octanol–water partition coefficient (Wildman–Crippen LogP) is 0.611. The van der Waals surface area contributed by atoms with E-state index in [1.54, 1.807) is 13.0 Å². The number of aryl methyl sites for hydroxylation is 1. The molecule has 0 aliphatic rings. The molecule has 1 amide bonds. The van der Waals surface area contributed by atoms with Crippen molar-refractivity contribution in [2.24, 2.45) is 0 Å². The fourth-order valence-corrected chi connectivity index (χ4v) is 0.667. The van der Waals surface area contributed by atoms with Crippen LogP contribution in [0.15, 0.2) is 16.5 Å². The molecule has 0 atom stereocenters. The first-order chi connectivity index (χ1) is 5.59. The number of hydrogen-bond donors (Lipinski definition) is 2. The first-order valence-electron chi connectivity index (χ1n) is 3.20. The lowest BCUT2D eigenvalue weighted by molar-refractivity contribution is -0.147. The Balaban J connectivity index is 2.64. The SMILES string of the molecule is Cc1ccc(NC(=O)C(=O)O)o1. The molecule has 0 aliphatic carbocycles. The van der Waals surface area contributed by atoms with Gasteiger partial charge in [-0.15, -0.1) is 0 Å². The number of rotatable bonds is 1. The summed E-state index contributed by atoms with van der Waals surface area (Å²) in [5.41, 5.74) is 0. The Hall–Kier alpha value is -1.78. The molecule has 0 unspecified atom stereocenters. The first-order valence-corrected chi connectivity index (χ1v) is 3.20. The predicted molar refractivity (Wildman–Crippen MR) is 39.7 cm³/mol. The van der Waals surface area contributed by atoms with Crippen molar-refractivity contribution < 1.29 is 19.1 Å². The van der Waals surface area contributed by atoms with Gasteiger partial charge in [-0.2, -0.15) is 0 Å². The molecule has 1 heterocycles. The summed E-state index contributed by atoms with van der Waals surface area (Å²) in [5, 5.41) is 10.3. The van der Waals surface area contributed by atoms with Crippen molar-refractivity contribution in [3.63, 3.8) is 0 Å². The van der Waals surface area contributed by atoms with Gasteiger partial charge >= 0.3 is 11.9 Å². The van der Waals surface area contributed by atoms with Gasteiger partial charge in [0.15, 0.2) is 5.88 Å². The van der Waals surface area contributed by atoms with E-state index in [0.29, 0.717) is 5.76 Å². The Kier molecular flexibility index (Phi) is 2.14. The Morgan fingerprint density at radius 1 is 1.50 bits per heavy atom. The molecule has 1 aromatic rings. The van der Waals surface area contributed by atoms with Crippen LogP contribution >= 0.6 is 0 Å². The van der Waals surface area contributed by atoms with Crippen molar-refractivity contribution in [3.8, 4) is 0 Å². The number of hydrogen-bond acceptors (Lipinski definition) is 3. The Morgan fingerprint density at radius 2 is 2.17 bits per heavy atom. The molecule has 5 heteroatoms. The second kappa shape index (κ2) is 3.08. The van der Waals surface area contributed by atoms with Crippen LogP contribution < -0.4 is 5.32 Å². The number of carbonyl (C=O) groups excluding carboxylic acids is 1. The van der Waals surface area contributed by atoms with Crippen molar-refractivity contribution in [2.75, 3.05) is 5.32 Å². The zero-order valence-corrected chi connectivity index (χ0v) is 6.33. The summed E-state index contributed by atoms with van der Waals surface area (Å²) in [6.07, 6.45) is 0. The number of aliphatic carboxylic acids is 1. The van der Waals surface area contributed by atoms with Crippen LogP contribution in [0, 0.1) is 6.92 Å². The molecule has 0 aliphatic heterocycles. The van der Waals surface area contributed by atoms with Crippen LogP contribution in [0.2, 0.25) is 0 Å². The average molecular weight is 169 g/mol. The summed E-state index contributed by atoms with van der Waals surface area (Å²) in [7, 11) is 0. The Bertz CT molecular complexity index is 315. The third kappa shape index (κ3) is 1.85. The number of amides is 1. The van der Waals surface area contributed by atoms with Crippen LogP contribution in [0.4, 0.5) is 5.88 Å². The minimum absolute atomic E-state index is 0.139. The van der Waals surface area contributed by atoms with Crippen LogP contribution in [0.3, 0.4) is 0 Å². The molecule has 0 spiro atoms. The van der Waals surface area contributed by atoms with Crippen molar-refractivity contribution in [3.05, 3.63) is 17.9 Å². The summed E-state index contributed by atoms with van der Waals surface area (Å²) in [6, 6.07) is 3.10. The quantitative estimate of drug-likeness (QED) is 0.603. The molecule has 2 N–H and O–H groups in total. The monoisotopic (exact) mass is 169 g/mol. The molecule has 0 radical (unpaired) electrons. The highest BCUT2D eigenvalue weighted by atomic mass is 16.4. The summed E-state index contributed by atoms with van der Waals surface area (Å²) >= 11 is 0. The second-order valence-corrected chi connectivity index (χ2v) is 2.17. The fraction of sp³-hybridized carbons (Fsp3) is 0.143. The van der Waals surface area contributed by atoms with E-state index < -0.39 is 11.9 Å².